The molecule has 0 saturated carbocycles. The molecule has 2 heterocycles. The molecule has 2 rings (SSSR count). The highest BCUT2D eigenvalue weighted by Gasteiger charge is 2.11. The van der Waals surface area contributed by atoms with Crippen molar-refractivity contribution < 1.29 is 0 Å². The third kappa shape index (κ3) is 1.87. The van der Waals surface area contributed by atoms with Crippen LogP contribution in [0.15, 0.2) is 26.8 Å². The summed E-state index contributed by atoms with van der Waals surface area (Å²) in [5.74, 6) is 0.253. The van der Waals surface area contributed by atoms with E-state index in [4.69, 9.17) is 11.0 Å². The standard InChI is InChI=1S/C10H6BrN3OS/c11-5-1-8(16-4-5)6-2-9(13)14-10(15)7(6)3-12/h1-2,4H,(H3,13,14,15). The molecule has 80 valence electrons. The van der Waals surface area contributed by atoms with E-state index >= 15 is 0 Å². The van der Waals surface area contributed by atoms with Crippen LogP contribution < -0.4 is 11.3 Å². The summed E-state index contributed by atoms with van der Waals surface area (Å²) >= 11 is 4.77. The lowest BCUT2D eigenvalue weighted by Gasteiger charge is -2.01. The largest absolute Gasteiger partial charge is 0.385 e. The smallest absolute Gasteiger partial charge is 0.268 e. The molecule has 0 aromatic carbocycles. The molecule has 0 bridgehead atoms. The van der Waals surface area contributed by atoms with E-state index in [-0.39, 0.29) is 11.4 Å². The number of nitrogen functional groups attached to an aromatic ring is 1. The van der Waals surface area contributed by atoms with Crippen LogP contribution in [0.2, 0.25) is 0 Å². The average molecular weight is 296 g/mol. The minimum atomic E-state index is -0.456. The van der Waals surface area contributed by atoms with Crippen LogP contribution in [-0.4, -0.2) is 4.98 Å². The number of pyridine rings is 1. The molecule has 3 N–H and O–H groups in total. The van der Waals surface area contributed by atoms with Gasteiger partial charge in [-0.05, 0) is 28.1 Å². The first kappa shape index (κ1) is 10.9. The molecule has 0 aliphatic rings. The second kappa shape index (κ2) is 4.12. The predicted octanol–water partition coefficient (Wildman–Crippen LogP) is 2.32. The van der Waals surface area contributed by atoms with Crippen LogP contribution in [0.5, 0.6) is 0 Å². The van der Waals surface area contributed by atoms with Crippen LogP contribution in [-0.2, 0) is 0 Å². The summed E-state index contributed by atoms with van der Waals surface area (Å²) in [7, 11) is 0. The van der Waals surface area contributed by atoms with Crippen molar-refractivity contribution in [2.75, 3.05) is 5.73 Å². The van der Waals surface area contributed by atoms with Crippen LogP contribution in [0.25, 0.3) is 10.4 Å². The number of nitrogens with zero attached hydrogens (tertiary/aromatic N) is 1. The molecule has 0 unspecified atom stereocenters. The third-order valence-electron chi connectivity index (χ3n) is 2.00. The monoisotopic (exact) mass is 295 g/mol. The van der Waals surface area contributed by atoms with Crippen LogP contribution >= 0.6 is 27.3 Å². The summed E-state index contributed by atoms with van der Waals surface area (Å²) in [6.07, 6.45) is 0. The number of anilines is 1. The van der Waals surface area contributed by atoms with Crippen molar-refractivity contribution in [1.82, 2.24) is 4.98 Å². The quantitative estimate of drug-likeness (QED) is 0.847. The van der Waals surface area contributed by atoms with Crippen molar-refractivity contribution in [1.29, 1.82) is 5.26 Å². The lowest BCUT2D eigenvalue weighted by molar-refractivity contribution is 1.23. The number of hydrogen-bond donors (Lipinski definition) is 2. The fourth-order valence-corrected chi connectivity index (χ4v) is 2.79. The molecule has 2 aromatic heterocycles. The molecule has 4 nitrogen and oxygen atoms in total. The minimum Gasteiger partial charge on any atom is -0.385 e. The van der Waals surface area contributed by atoms with Gasteiger partial charge in [0.25, 0.3) is 5.56 Å². The third-order valence-corrected chi connectivity index (χ3v) is 3.72. The van der Waals surface area contributed by atoms with Gasteiger partial charge in [-0.1, -0.05) is 0 Å². The van der Waals surface area contributed by atoms with Gasteiger partial charge in [-0.3, -0.25) is 4.79 Å². The van der Waals surface area contributed by atoms with Crippen molar-refractivity contribution in [3.63, 3.8) is 0 Å². The maximum Gasteiger partial charge on any atom is 0.268 e. The van der Waals surface area contributed by atoms with Crippen molar-refractivity contribution in [2.45, 2.75) is 0 Å². The molecule has 0 aliphatic carbocycles. The second-order valence-electron chi connectivity index (χ2n) is 3.08. The van der Waals surface area contributed by atoms with Crippen LogP contribution in [0.1, 0.15) is 5.56 Å². The number of hydrogen-bond acceptors (Lipinski definition) is 4. The van der Waals surface area contributed by atoms with Gasteiger partial charge in [-0.25, -0.2) is 0 Å². The maximum atomic E-state index is 11.5. The van der Waals surface area contributed by atoms with Gasteiger partial charge in [-0.2, -0.15) is 5.26 Å². The van der Waals surface area contributed by atoms with E-state index in [1.54, 1.807) is 6.07 Å². The van der Waals surface area contributed by atoms with E-state index in [0.29, 0.717) is 5.56 Å². The maximum absolute atomic E-state index is 11.5. The Bertz CT molecular complexity index is 638. The van der Waals surface area contributed by atoms with Gasteiger partial charge < -0.3 is 10.7 Å². The van der Waals surface area contributed by atoms with Crippen LogP contribution in [0.3, 0.4) is 0 Å². The average Bonchev–Trinajstić information content (AvgIpc) is 2.63. The SMILES string of the molecule is N#Cc1c(-c2cc(Br)cs2)cc(N)[nH]c1=O. The Balaban J connectivity index is 2.74. The van der Waals surface area contributed by atoms with E-state index in [9.17, 15) is 4.79 Å². The van der Waals surface area contributed by atoms with Crippen LogP contribution in [0, 0.1) is 11.3 Å². The molecule has 0 amide bonds. The van der Waals surface area contributed by atoms with Gasteiger partial charge in [0.1, 0.15) is 17.5 Å². The Morgan fingerprint density at radius 1 is 1.50 bits per heavy atom. The Morgan fingerprint density at radius 2 is 2.25 bits per heavy atom. The highest BCUT2D eigenvalue weighted by molar-refractivity contribution is 9.10. The van der Waals surface area contributed by atoms with Crippen LogP contribution in [0.4, 0.5) is 5.82 Å². The zero-order chi connectivity index (χ0) is 11.7. The first-order valence-corrected chi connectivity index (χ1v) is 5.96. The number of nitrogens with two attached hydrogens (primary N) is 1. The zero-order valence-corrected chi connectivity index (χ0v) is 10.4. The Kier molecular flexibility index (Phi) is 2.81. The summed E-state index contributed by atoms with van der Waals surface area (Å²) in [5.41, 5.74) is 5.75. The molecule has 0 saturated heterocycles. The Morgan fingerprint density at radius 3 is 2.81 bits per heavy atom. The molecule has 0 radical (unpaired) electrons. The first-order chi connectivity index (χ1) is 7.61. The summed E-state index contributed by atoms with van der Waals surface area (Å²) in [5, 5.41) is 10.8. The number of halogens is 1. The van der Waals surface area contributed by atoms with Gasteiger partial charge >= 0.3 is 0 Å². The number of H-pyrrole nitrogens is 1. The highest BCUT2D eigenvalue weighted by atomic mass is 79.9. The molecule has 0 spiro atoms. The molecule has 0 aliphatic heterocycles. The lowest BCUT2D eigenvalue weighted by Crippen LogP contribution is -2.13. The fourth-order valence-electron chi connectivity index (χ4n) is 1.34. The number of rotatable bonds is 1. The van der Waals surface area contributed by atoms with E-state index in [1.165, 1.54) is 11.3 Å². The summed E-state index contributed by atoms with van der Waals surface area (Å²) in [4.78, 5) is 14.7. The van der Waals surface area contributed by atoms with Gasteiger partial charge in [0.2, 0.25) is 0 Å². The van der Waals surface area contributed by atoms with E-state index in [2.05, 4.69) is 20.9 Å². The zero-order valence-electron chi connectivity index (χ0n) is 7.95. The molecule has 16 heavy (non-hydrogen) atoms. The lowest BCUT2D eigenvalue weighted by atomic mass is 10.1. The molecule has 2 aromatic rings. The summed E-state index contributed by atoms with van der Waals surface area (Å²) in [6.45, 7) is 0. The highest BCUT2D eigenvalue weighted by Crippen LogP contribution is 2.31. The van der Waals surface area contributed by atoms with Gasteiger partial charge in [0.15, 0.2) is 0 Å². The van der Waals surface area contributed by atoms with E-state index < -0.39 is 5.56 Å². The summed E-state index contributed by atoms with van der Waals surface area (Å²) in [6, 6.07) is 5.33. The van der Waals surface area contributed by atoms with Gasteiger partial charge in [-0.15, -0.1) is 11.3 Å². The molecule has 0 fully saturated rings. The topological polar surface area (TPSA) is 82.7 Å². The number of nitriles is 1. The predicted molar refractivity (Wildman–Crippen MR) is 67.2 cm³/mol. The molecule has 0 atom stereocenters. The number of aromatic nitrogens is 1. The Labute approximate surface area is 103 Å². The molecular weight excluding hydrogens is 290 g/mol. The molecule has 6 heteroatoms. The number of thiophene rings is 1. The van der Waals surface area contributed by atoms with E-state index in [1.807, 2.05) is 17.5 Å². The number of nitrogens with one attached hydrogen (secondary N) is 1. The Hall–Kier alpha value is -1.58. The van der Waals surface area contributed by atoms with Crippen molar-refractivity contribution in [3.8, 4) is 16.5 Å². The second-order valence-corrected chi connectivity index (χ2v) is 4.91. The van der Waals surface area contributed by atoms with Gasteiger partial charge in [0, 0.05) is 20.3 Å². The first-order valence-electron chi connectivity index (χ1n) is 4.29. The summed E-state index contributed by atoms with van der Waals surface area (Å²) < 4.78 is 0.912. The minimum absolute atomic E-state index is 0.0866. The number of aromatic amines is 1. The molecular formula is C10H6BrN3OS. The van der Waals surface area contributed by atoms with Gasteiger partial charge in [0.05, 0.1) is 0 Å². The van der Waals surface area contributed by atoms with E-state index in [0.717, 1.165) is 9.35 Å². The fraction of sp³-hybridized carbons (Fsp3) is 0. The van der Waals surface area contributed by atoms with Crippen molar-refractivity contribution in [3.05, 3.63) is 37.9 Å². The van der Waals surface area contributed by atoms with Crippen molar-refractivity contribution >= 4 is 33.1 Å². The normalized spacial score (nSPS) is 10.0. The van der Waals surface area contributed by atoms with Crippen molar-refractivity contribution in [2.24, 2.45) is 0 Å².